The van der Waals surface area contributed by atoms with Crippen LogP contribution in [0.1, 0.15) is 61.2 Å². The number of pyridine rings is 1. The third-order valence-electron chi connectivity index (χ3n) is 9.80. The van der Waals surface area contributed by atoms with Crippen LogP contribution in [0.3, 0.4) is 0 Å². The van der Waals surface area contributed by atoms with Crippen LogP contribution >= 0.6 is 0 Å². The van der Waals surface area contributed by atoms with Gasteiger partial charge in [0.2, 0.25) is 5.91 Å². The van der Waals surface area contributed by atoms with E-state index < -0.39 is 0 Å². The molecule has 3 aliphatic carbocycles. The molecule has 9 heteroatoms. The Morgan fingerprint density at radius 3 is 2.51 bits per heavy atom. The summed E-state index contributed by atoms with van der Waals surface area (Å²) in [5.74, 6) is -0.173. The third-order valence-corrected chi connectivity index (χ3v) is 9.80. The van der Waals surface area contributed by atoms with Gasteiger partial charge in [-0.1, -0.05) is 0 Å². The number of carbonyl (C=O) groups is 1. The number of nitrogens with two attached hydrogens (primary N) is 1. The van der Waals surface area contributed by atoms with Gasteiger partial charge >= 0.3 is 0 Å². The van der Waals surface area contributed by atoms with Crippen molar-refractivity contribution in [2.45, 2.75) is 77.9 Å². The molecule has 0 aromatic carbocycles. The molecule has 1 unspecified atom stereocenters. The van der Waals surface area contributed by atoms with Gasteiger partial charge in [-0.25, -0.2) is 4.98 Å². The molecule has 4 heterocycles. The van der Waals surface area contributed by atoms with Gasteiger partial charge in [0.1, 0.15) is 0 Å². The Morgan fingerprint density at radius 1 is 1.16 bits per heavy atom. The van der Waals surface area contributed by atoms with Crippen molar-refractivity contribution in [2.75, 3.05) is 25.5 Å². The first kappa shape index (κ1) is 24.4. The Kier molecular flexibility index (Phi) is 5.64. The Hall–Kier alpha value is -2.94. The summed E-state index contributed by atoms with van der Waals surface area (Å²) in [6.07, 6.45) is 9.63. The van der Waals surface area contributed by atoms with Crippen LogP contribution in [0.5, 0.6) is 0 Å². The molecule has 0 saturated heterocycles. The van der Waals surface area contributed by atoms with E-state index in [1.54, 1.807) is 0 Å². The second-order valence-corrected chi connectivity index (χ2v) is 12.3. The fourth-order valence-corrected chi connectivity index (χ4v) is 7.84. The first-order chi connectivity index (χ1) is 17.6. The van der Waals surface area contributed by atoms with Gasteiger partial charge in [-0.15, -0.1) is 0 Å². The van der Waals surface area contributed by atoms with E-state index in [0.717, 1.165) is 87.0 Å². The molecule has 3 aromatic heterocycles. The first-order valence-corrected chi connectivity index (χ1v) is 13.7. The zero-order chi connectivity index (χ0) is 26.1. The number of rotatable bonds is 6. The van der Waals surface area contributed by atoms with Crippen molar-refractivity contribution in [1.82, 2.24) is 29.4 Å². The molecule has 2 N–H and O–H groups in total. The summed E-state index contributed by atoms with van der Waals surface area (Å²) in [6.45, 7) is 7.04. The van der Waals surface area contributed by atoms with Gasteiger partial charge in [0.15, 0.2) is 5.65 Å². The number of nitrogens with zero attached hydrogens (tertiary/aromatic N) is 7. The number of anilines is 1. The highest BCUT2D eigenvalue weighted by molar-refractivity contribution is 5.89. The van der Waals surface area contributed by atoms with E-state index in [9.17, 15) is 4.79 Å². The molecule has 3 aromatic rings. The van der Waals surface area contributed by atoms with Gasteiger partial charge in [-0.05, 0) is 83.4 Å². The quantitative estimate of drug-likeness (QED) is 0.554. The first-order valence-electron chi connectivity index (χ1n) is 13.7. The maximum Gasteiger partial charge on any atom is 0.235 e. The van der Waals surface area contributed by atoms with E-state index >= 15 is 0 Å². The van der Waals surface area contributed by atoms with E-state index in [2.05, 4.69) is 34.6 Å². The van der Waals surface area contributed by atoms with Gasteiger partial charge < -0.3 is 10.6 Å². The van der Waals surface area contributed by atoms with E-state index in [1.165, 1.54) is 16.9 Å². The third kappa shape index (κ3) is 3.85. The molecule has 3 saturated carbocycles. The largest absolute Gasteiger partial charge is 0.368 e. The van der Waals surface area contributed by atoms with Crippen LogP contribution in [0.4, 0.5) is 5.69 Å². The van der Waals surface area contributed by atoms with Crippen molar-refractivity contribution in [3.8, 4) is 0 Å². The SMILES string of the molecule is Cc1cc(N2CCc3c(c(C)nn3CC34CCC(C(C(N)=O)N(C)C)(CC3)CC4)C2)c2cnn(C)c2n1. The summed E-state index contributed by atoms with van der Waals surface area (Å²) in [7, 11) is 5.94. The summed E-state index contributed by atoms with van der Waals surface area (Å²) in [6, 6.07) is 2.02. The van der Waals surface area contributed by atoms with E-state index in [1.807, 2.05) is 36.9 Å². The van der Waals surface area contributed by atoms with Crippen molar-refractivity contribution in [3.63, 3.8) is 0 Å². The van der Waals surface area contributed by atoms with Gasteiger partial charge in [0, 0.05) is 50.1 Å². The average molecular weight is 505 g/mol. The van der Waals surface area contributed by atoms with Crippen molar-refractivity contribution in [1.29, 1.82) is 0 Å². The summed E-state index contributed by atoms with van der Waals surface area (Å²) < 4.78 is 4.20. The summed E-state index contributed by atoms with van der Waals surface area (Å²) >= 11 is 0. The Labute approximate surface area is 219 Å². The van der Waals surface area contributed by atoms with Crippen LogP contribution in [-0.4, -0.2) is 62.0 Å². The van der Waals surface area contributed by atoms with E-state index in [4.69, 9.17) is 15.8 Å². The standard InChI is InChI=1S/C28H40N8O/c1-18-14-23(20-15-30-34(5)26(20)31-18)35-13-6-22-21(16-35)19(2)32-36(22)17-27-7-10-28(11-8-27,12-9-27)24(25(29)37)33(3)4/h14-15,24H,6-13,16-17H2,1-5H3,(H2,29,37). The molecule has 0 spiro atoms. The minimum absolute atomic E-state index is 0.0390. The predicted molar refractivity (Wildman–Crippen MR) is 144 cm³/mol. The molecule has 37 heavy (non-hydrogen) atoms. The van der Waals surface area contributed by atoms with Crippen LogP contribution in [0.25, 0.3) is 11.0 Å². The Balaban J connectivity index is 1.23. The number of carbonyl (C=O) groups excluding carboxylic acids is 1. The van der Waals surface area contributed by atoms with Crippen molar-refractivity contribution in [2.24, 2.45) is 23.6 Å². The van der Waals surface area contributed by atoms with Crippen molar-refractivity contribution in [3.05, 3.63) is 34.9 Å². The second kappa shape index (κ2) is 8.55. The molecule has 2 bridgehead atoms. The van der Waals surface area contributed by atoms with Gasteiger partial charge in [-0.2, -0.15) is 10.2 Å². The summed E-state index contributed by atoms with van der Waals surface area (Å²) in [5, 5.41) is 10.7. The highest BCUT2D eigenvalue weighted by Crippen LogP contribution is 2.59. The van der Waals surface area contributed by atoms with Crippen molar-refractivity contribution >= 4 is 22.6 Å². The molecule has 1 atom stereocenters. The smallest absolute Gasteiger partial charge is 0.235 e. The molecule has 1 aliphatic heterocycles. The van der Waals surface area contributed by atoms with Crippen LogP contribution in [0.2, 0.25) is 0 Å². The lowest BCUT2D eigenvalue weighted by atomic mass is 9.51. The predicted octanol–water partition coefficient (Wildman–Crippen LogP) is 3.10. The number of hydrogen-bond acceptors (Lipinski definition) is 6. The van der Waals surface area contributed by atoms with E-state index in [0.29, 0.717) is 0 Å². The fraction of sp³-hybridized carbons (Fsp3) is 0.643. The monoisotopic (exact) mass is 504 g/mol. The molecule has 0 radical (unpaired) electrons. The van der Waals surface area contributed by atoms with Crippen LogP contribution in [-0.2, 0) is 31.4 Å². The lowest BCUT2D eigenvalue weighted by Gasteiger charge is -2.56. The lowest BCUT2D eigenvalue weighted by molar-refractivity contribution is -0.134. The van der Waals surface area contributed by atoms with Gasteiger partial charge in [0.25, 0.3) is 0 Å². The van der Waals surface area contributed by atoms with Crippen molar-refractivity contribution < 1.29 is 4.79 Å². The van der Waals surface area contributed by atoms with Crippen LogP contribution in [0.15, 0.2) is 12.3 Å². The Morgan fingerprint density at radius 2 is 1.86 bits per heavy atom. The highest BCUT2D eigenvalue weighted by Gasteiger charge is 2.54. The minimum atomic E-state index is -0.173. The normalized spacial score (nSPS) is 26.2. The summed E-state index contributed by atoms with van der Waals surface area (Å²) in [4.78, 5) is 21.6. The second-order valence-electron chi connectivity index (χ2n) is 12.3. The molecule has 7 rings (SSSR count). The number of aryl methyl sites for hydroxylation is 3. The fourth-order valence-electron chi connectivity index (χ4n) is 7.84. The maximum atomic E-state index is 12.3. The molecule has 9 nitrogen and oxygen atoms in total. The zero-order valence-electron chi connectivity index (χ0n) is 22.9. The van der Waals surface area contributed by atoms with E-state index in [-0.39, 0.29) is 22.8 Å². The highest BCUT2D eigenvalue weighted by atomic mass is 16.1. The summed E-state index contributed by atoms with van der Waals surface area (Å²) in [5.41, 5.74) is 13.3. The molecule has 1 amide bonds. The molecule has 3 fully saturated rings. The molecular formula is C28H40N8O. The number of amides is 1. The topological polar surface area (TPSA) is 98.1 Å². The number of likely N-dealkylation sites (N-methyl/N-ethyl adjacent to an activating group) is 1. The number of fused-ring (bicyclic) bond motifs is 5. The maximum absolute atomic E-state index is 12.3. The minimum Gasteiger partial charge on any atom is -0.368 e. The van der Waals surface area contributed by atoms with Gasteiger partial charge in [0.05, 0.1) is 29.0 Å². The van der Waals surface area contributed by atoms with Crippen LogP contribution < -0.4 is 10.6 Å². The lowest BCUT2D eigenvalue weighted by Crippen LogP contribution is -2.58. The Bertz CT molecular complexity index is 1340. The van der Waals surface area contributed by atoms with Gasteiger partial charge in [-0.3, -0.25) is 19.1 Å². The number of primary amides is 1. The number of aromatic nitrogens is 5. The van der Waals surface area contributed by atoms with Crippen LogP contribution in [0, 0.1) is 24.7 Å². The molecular weight excluding hydrogens is 464 g/mol. The molecule has 198 valence electrons. The average Bonchev–Trinajstić information content (AvgIpc) is 3.38. The zero-order valence-corrected chi connectivity index (χ0v) is 22.9. The number of hydrogen-bond donors (Lipinski definition) is 1. The molecule has 4 aliphatic rings.